The van der Waals surface area contributed by atoms with Gasteiger partial charge in [-0.2, -0.15) is 5.10 Å². The van der Waals surface area contributed by atoms with Crippen LogP contribution in [0.25, 0.3) is 22.3 Å². The molecule has 0 radical (unpaired) electrons. The fraction of sp³-hybridized carbons (Fsp3) is 0.148. The van der Waals surface area contributed by atoms with Crippen molar-refractivity contribution in [3.05, 3.63) is 101 Å². The average Bonchev–Trinajstić information content (AvgIpc) is 3.65. The number of carbonyl (C=O) groups excluding carboxylic acids is 2. The highest BCUT2D eigenvalue weighted by atomic mass is 32.2. The van der Waals surface area contributed by atoms with Gasteiger partial charge in [-0.3, -0.25) is 9.59 Å². The summed E-state index contributed by atoms with van der Waals surface area (Å²) in [5.74, 6) is -1.10. The smallest absolute Gasteiger partial charge is 0.268 e. The lowest BCUT2D eigenvalue weighted by Crippen LogP contribution is -2.41. The monoisotopic (exact) mass is 532 g/mol. The molecule has 8 nitrogen and oxygen atoms in total. The fourth-order valence-electron chi connectivity index (χ4n) is 4.08. The third-order valence-corrected chi connectivity index (χ3v) is 8.56. The first-order valence-electron chi connectivity index (χ1n) is 11.7. The number of thiophene rings is 1. The largest absolute Gasteiger partial charge is 0.347 e. The van der Waals surface area contributed by atoms with Crippen LogP contribution in [-0.2, 0) is 14.6 Å². The molecule has 0 bridgehead atoms. The van der Waals surface area contributed by atoms with Crippen LogP contribution in [0, 0.1) is 0 Å². The fourth-order valence-corrected chi connectivity index (χ4v) is 6.49. The van der Waals surface area contributed by atoms with Crippen LogP contribution in [0.1, 0.15) is 22.3 Å². The first-order valence-corrected chi connectivity index (χ1v) is 14.4. The maximum Gasteiger partial charge on any atom is 0.268 e. The summed E-state index contributed by atoms with van der Waals surface area (Å²) in [7, 11) is -3.19. The number of nitrogens with zero attached hydrogens (tertiary/aromatic N) is 2. The van der Waals surface area contributed by atoms with E-state index >= 15 is 0 Å². The topological polar surface area (TPSA) is 110 Å². The van der Waals surface area contributed by atoms with Crippen LogP contribution in [0.4, 0.5) is 0 Å². The van der Waals surface area contributed by atoms with E-state index in [0.29, 0.717) is 23.2 Å². The van der Waals surface area contributed by atoms with Gasteiger partial charge >= 0.3 is 0 Å². The summed E-state index contributed by atoms with van der Waals surface area (Å²) in [4.78, 5) is 27.2. The van der Waals surface area contributed by atoms with Gasteiger partial charge in [0.25, 0.3) is 11.8 Å². The third-order valence-electron chi connectivity index (χ3n) is 5.91. The minimum absolute atomic E-state index is 0.00330. The predicted octanol–water partition coefficient (Wildman–Crippen LogP) is 3.68. The summed E-state index contributed by atoms with van der Waals surface area (Å²) in [6.45, 7) is 0. The van der Waals surface area contributed by atoms with E-state index in [2.05, 4.69) is 10.6 Å². The number of aromatic nitrogens is 2. The Kier molecular flexibility index (Phi) is 7.02. The van der Waals surface area contributed by atoms with E-state index in [1.54, 1.807) is 47.3 Å². The minimum Gasteiger partial charge on any atom is -0.347 e. The van der Waals surface area contributed by atoms with Gasteiger partial charge in [-0.1, -0.05) is 42.5 Å². The van der Waals surface area contributed by atoms with Crippen LogP contribution in [0.15, 0.2) is 90.1 Å². The van der Waals surface area contributed by atoms with Crippen molar-refractivity contribution in [2.24, 2.45) is 0 Å². The minimum atomic E-state index is -3.19. The number of benzene rings is 2. The van der Waals surface area contributed by atoms with Gasteiger partial charge in [0, 0.05) is 23.4 Å². The first kappa shape index (κ1) is 24.7. The molecule has 0 spiro atoms. The molecular formula is C27H24N4O4S2. The molecule has 1 saturated heterocycles. The quantitative estimate of drug-likeness (QED) is 0.353. The number of rotatable bonds is 7. The van der Waals surface area contributed by atoms with Gasteiger partial charge in [0.2, 0.25) is 0 Å². The Labute approximate surface area is 218 Å². The molecule has 1 fully saturated rings. The summed E-state index contributed by atoms with van der Waals surface area (Å²) in [5, 5.41) is 12.2. The normalized spacial score (nSPS) is 16.9. The number of para-hydroxylation sites is 1. The molecule has 2 N–H and O–H groups in total. The molecular weight excluding hydrogens is 508 g/mol. The van der Waals surface area contributed by atoms with Crippen molar-refractivity contribution < 1.29 is 18.0 Å². The second-order valence-corrected chi connectivity index (χ2v) is 11.8. The van der Waals surface area contributed by atoms with E-state index in [1.165, 1.54) is 11.3 Å². The molecule has 1 aliphatic heterocycles. The van der Waals surface area contributed by atoms with Gasteiger partial charge in [0.15, 0.2) is 9.84 Å². The van der Waals surface area contributed by atoms with Gasteiger partial charge < -0.3 is 10.6 Å². The number of carbonyl (C=O) groups is 2. The molecule has 37 heavy (non-hydrogen) atoms. The van der Waals surface area contributed by atoms with E-state index in [4.69, 9.17) is 5.10 Å². The van der Waals surface area contributed by atoms with E-state index in [1.807, 2.05) is 47.8 Å². The van der Waals surface area contributed by atoms with Crippen molar-refractivity contribution in [3.8, 4) is 16.3 Å². The molecule has 4 aromatic rings. The van der Waals surface area contributed by atoms with Crippen LogP contribution in [-0.4, -0.2) is 47.6 Å². The maximum atomic E-state index is 13.3. The van der Waals surface area contributed by atoms with Gasteiger partial charge in [-0.15, -0.1) is 11.3 Å². The zero-order valence-corrected chi connectivity index (χ0v) is 21.3. The van der Waals surface area contributed by atoms with Gasteiger partial charge in [-0.05, 0) is 48.2 Å². The van der Waals surface area contributed by atoms with E-state index < -0.39 is 27.7 Å². The Morgan fingerprint density at radius 2 is 1.73 bits per heavy atom. The molecule has 0 saturated carbocycles. The van der Waals surface area contributed by atoms with Crippen LogP contribution in [0.3, 0.4) is 0 Å². The second-order valence-electron chi connectivity index (χ2n) is 8.64. The summed E-state index contributed by atoms with van der Waals surface area (Å²) in [5.41, 5.74) is 2.52. The lowest BCUT2D eigenvalue weighted by Gasteiger charge is -2.14. The molecule has 2 amide bonds. The van der Waals surface area contributed by atoms with Crippen molar-refractivity contribution >= 4 is 39.1 Å². The van der Waals surface area contributed by atoms with Crippen LogP contribution in [0.2, 0.25) is 0 Å². The lowest BCUT2D eigenvalue weighted by atomic mass is 10.1. The van der Waals surface area contributed by atoms with Crippen molar-refractivity contribution in [1.29, 1.82) is 0 Å². The molecule has 5 rings (SSSR count). The van der Waals surface area contributed by atoms with Crippen LogP contribution >= 0.6 is 11.3 Å². The number of hydrogen-bond acceptors (Lipinski definition) is 6. The summed E-state index contributed by atoms with van der Waals surface area (Å²) in [6, 6.07) is 21.5. The second kappa shape index (κ2) is 10.5. The Morgan fingerprint density at radius 1 is 1.00 bits per heavy atom. The van der Waals surface area contributed by atoms with Crippen LogP contribution < -0.4 is 10.6 Å². The molecule has 2 aromatic heterocycles. The molecule has 0 aliphatic carbocycles. The molecule has 188 valence electrons. The number of sulfone groups is 1. The molecule has 1 atom stereocenters. The van der Waals surface area contributed by atoms with Crippen LogP contribution in [0.5, 0.6) is 0 Å². The van der Waals surface area contributed by atoms with Crippen molar-refractivity contribution in [2.75, 3.05) is 11.5 Å². The predicted molar refractivity (Wildman–Crippen MR) is 144 cm³/mol. The molecule has 1 aliphatic rings. The van der Waals surface area contributed by atoms with Gasteiger partial charge in [0.1, 0.15) is 11.4 Å². The molecule has 3 heterocycles. The van der Waals surface area contributed by atoms with Crippen molar-refractivity contribution in [3.63, 3.8) is 0 Å². The van der Waals surface area contributed by atoms with E-state index in [9.17, 15) is 18.0 Å². The van der Waals surface area contributed by atoms with Crippen molar-refractivity contribution in [2.45, 2.75) is 12.5 Å². The van der Waals surface area contributed by atoms with E-state index in [-0.39, 0.29) is 17.2 Å². The van der Waals surface area contributed by atoms with Crippen molar-refractivity contribution in [1.82, 2.24) is 20.4 Å². The molecule has 0 unspecified atom stereocenters. The summed E-state index contributed by atoms with van der Waals surface area (Å²) >= 11 is 1.51. The van der Waals surface area contributed by atoms with E-state index in [0.717, 1.165) is 10.6 Å². The third kappa shape index (κ3) is 5.87. The lowest BCUT2D eigenvalue weighted by molar-refractivity contribution is -0.118. The first-order chi connectivity index (χ1) is 17.9. The molecule has 10 heteroatoms. The Bertz CT molecular complexity index is 1540. The Hall–Kier alpha value is -4.02. The summed E-state index contributed by atoms with van der Waals surface area (Å²) < 4.78 is 25.5. The Morgan fingerprint density at radius 3 is 2.38 bits per heavy atom. The molecule has 2 aromatic carbocycles. The highest BCUT2D eigenvalue weighted by Crippen LogP contribution is 2.29. The zero-order valence-electron chi connectivity index (χ0n) is 19.7. The number of hydrogen-bond donors (Lipinski definition) is 2. The number of nitrogens with one attached hydrogen (secondary N) is 2. The number of amides is 2. The van der Waals surface area contributed by atoms with Gasteiger partial charge in [0.05, 0.1) is 22.1 Å². The maximum absolute atomic E-state index is 13.3. The average molecular weight is 533 g/mol. The highest BCUT2D eigenvalue weighted by molar-refractivity contribution is 7.91. The summed E-state index contributed by atoms with van der Waals surface area (Å²) in [6.07, 6.45) is 3.72. The highest BCUT2D eigenvalue weighted by Gasteiger charge is 2.30. The zero-order chi connectivity index (χ0) is 25.8. The standard InChI is InChI=1S/C27H24N4O4S2/c32-26(19-8-3-1-4-9-19)29-23(27(33)28-21-13-15-37(34,35)18-21)16-20-17-31(22-10-5-2-6-11-22)30-25(20)24-12-7-14-36-24/h1-12,14,16-17,21H,13,15,18H2,(H,28,33)(H,29,32)/b23-16-/t21-/m1/s1. The SMILES string of the molecule is O=C(N[C@@H]1CCS(=O)(=O)C1)/C(=C/c1cn(-c2ccccc2)nc1-c1cccs1)NC(=O)c1ccccc1. The van der Waals surface area contributed by atoms with Gasteiger partial charge in [-0.25, -0.2) is 13.1 Å². The Balaban J connectivity index is 1.54.